The van der Waals surface area contributed by atoms with Crippen LogP contribution in [0, 0.1) is 20.8 Å². The zero-order valence-electron chi connectivity index (χ0n) is 18.5. The van der Waals surface area contributed by atoms with Crippen molar-refractivity contribution in [2.45, 2.75) is 39.8 Å². The molecule has 0 saturated carbocycles. The molecule has 0 aliphatic carbocycles. The van der Waals surface area contributed by atoms with Gasteiger partial charge in [-0.15, -0.1) is 0 Å². The summed E-state index contributed by atoms with van der Waals surface area (Å²) >= 11 is 0. The Morgan fingerprint density at radius 2 is 1.81 bits per heavy atom. The van der Waals surface area contributed by atoms with Crippen LogP contribution in [0.4, 0.5) is 0 Å². The standard InChI is InChI=1S/C23H26N6O3/c1-15-8-17(3)29(23(31)27-15)5-4-22(30)28-6-7-32-21(13-28)20-10-18(9-16(2)26-20)19-11-24-14-25-12-19/h8-12,14,21H,4-7,13H2,1-3H3. The Balaban J connectivity index is 1.46. The molecule has 1 aliphatic rings. The molecule has 3 aromatic rings. The van der Waals surface area contributed by atoms with E-state index in [1.807, 2.05) is 32.0 Å². The molecule has 0 bridgehead atoms. The van der Waals surface area contributed by atoms with Crippen LogP contribution in [-0.2, 0) is 16.1 Å². The number of carbonyl (C=O) groups excluding carboxylic acids is 1. The van der Waals surface area contributed by atoms with E-state index >= 15 is 0 Å². The number of carbonyl (C=O) groups is 1. The summed E-state index contributed by atoms with van der Waals surface area (Å²) in [6.07, 6.45) is 4.92. The number of rotatable bonds is 5. The number of pyridine rings is 1. The molecule has 1 unspecified atom stereocenters. The Morgan fingerprint density at radius 1 is 1.06 bits per heavy atom. The first-order valence-corrected chi connectivity index (χ1v) is 10.6. The molecule has 9 nitrogen and oxygen atoms in total. The van der Waals surface area contributed by atoms with E-state index in [1.54, 1.807) is 28.8 Å². The van der Waals surface area contributed by atoms with Gasteiger partial charge >= 0.3 is 5.69 Å². The summed E-state index contributed by atoms with van der Waals surface area (Å²) in [7, 11) is 0. The Kier molecular flexibility index (Phi) is 6.36. The average molecular weight is 435 g/mol. The molecule has 3 aromatic heterocycles. The lowest BCUT2D eigenvalue weighted by atomic mass is 10.1. The Hall–Kier alpha value is -3.46. The summed E-state index contributed by atoms with van der Waals surface area (Å²) in [6, 6.07) is 5.78. The first-order valence-electron chi connectivity index (χ1n) is 10.6. The summed E-state index contributed by atoms with van der Waals surface area (Å²) in [5.41, 5.74) is 4.65. The minimum Gasteiger partial charge on any atom is -0.368 e. The topological polar surface area (TPSA) is 103 Å². The van der Waals surface area contributed by atoms with Crippen LogP contribution in [0.25, 0.3) is 11.1 Å². The van der Waals surface area contributed by atoms with E-state index in [4.69, 9.17) is 4.74 Å². The van der Waals surface area contributed by atoms with Gasteiger partial charge in [-0.1, -0.05) is 0 Å². The number of hydrogen-bond acceptors (Lipinski definition) is 7. The molecular formula is C23H26N6O3. The molecule has 1 saturated heterocycles. The summed E-state index contributed by atoms with van der Waals surface area (Å²) in [4.78, 5) is 43.6. The van der Waals surface area contributed by atoms with Crippen molar-refractivity contribution in [3.05, 3.63) is 70.2 Å². The van der Waals surface area contributed by atoms with Crippen molar-refractivity contribution in [1.82, 2.24) is 29.4 Å². The lowest BCUT2D eigenvalue weighted by Crippen LogP contribution is -2.43. The zero-order chi connectivity index (χ0) is 22.7. The second-order valence-corrected chi connectivity index (χ2v) is 7.97. The van der Waals surface area contributed by atoms with Gasteiger partial charge in [-0.2, -0.15) is 4.98 Å². The number of ether oxygens (including phenoxy) is 1. The van der Waals surface area contributed by atoms with Crippen LogP contribution in [0.1, 0.15) is 35.3 Å². The molecule has 0 N–H and O–H groups in total. The molecule has 4 rings (SSSR count). The maximum Gasteiger partial charge on any atom is 0.347 e. The van der Waals surface area contributed by atoms with Crippen LogP contribution in [0.5, 0.6) is 0 Å². The number of hydrogen-bond donors (Lipinski definition) is 0. The normalized spacial score (nSPS) is 16.2. The number of amides is 1. The third-order valence-electron chi connectivity index (χ3n) is 5.51. The van der Waals surface area contributed by atoms with Crippen LogP contribution >= 0.6 is 0 Å². The molecule has 1 aliphatic heterocycles. The number of aromatic nitrogens is 5. The van der Waals surface area contributed by atoms with Crippen molar-refractivity contribution in [1.29, 1.82) is 0 Å². The van der Waals surface area contributed by atoms with Gasteiger partial charge in [0.15, 0.2) is 0 Å². The second kappa shape index (κ2) is 9.35. The SMILES string of the molecule is Cc1cc(-c2cncnc2)cc(C2CN(C(=O)CCn3c(C)cc(C)nc3=O)CCO2)n1. The Labute approximate surface area is 186 Å². The number of nitrogens with zero attached hydrogens (tertiary/aromatic N) is 6. The molecule has 1 amide bonds. The highest BCUT2D eigenvalue weighted by Crippen LogP contribution is 2.26. The summed E-state index contributed by atoms with van der Waals surface area (Å²) < 4.78 is 7.49. The van der Waals surface area contributed by atoms with Crippen LogP contribution in [-0.4, -0.2) is 55.0 Å². The van der Waals surface area contributed by atoms with Crippen molar-refractivity contribution in [3.8, 4) is 11.1 Å². The van der Waals surface area contributed by atoms with Gasteiger partial charge in [0.1, 0.15) is 12.4 Å². The monoisotopic (exact) mass is 434 g/mol. The fourth-order valence-corrected chi connectivity index (χ4v) is 3.94. The summed E-state index contributed by atoms with van der Waals surface area (Å²) in [5.74, 6) is -0.0190. The van der Waals surface area contributed by atoms with Gasteiger partial charge in [0.05, 0.1) is 18.8 Å². The van der Waals surface area contributed by atoms with Crippen molar-refractivity contribution >= 4 is 5.91 Å². The van der Waals surface area contributed by atoms with Gasteiger partial charge in [0.2, 0.25) is 5.91 Å². The van der Waals surface area contributed by atoms with Crippen molar-refractivity contribution in [2.24, 2.45) is 0 Å². The van der Waals surface area contributed by atoms with E-state index in [9.17, 15) is 9.59 Å². The molecule has 32 heavy (non-hydrogen) atoms. The van der Waals surface area contributed by atoms with Crippen LogP contribution < -0.4 is 5.69 Å². The van der Waals surface area contributed by atoms with Gasteiger partial charge in [-0.25, -0.2) is 14.8 Å². The van der Waals surface area contributed by atoms with E-state index in [-0.39, 0.29) is 24.1 Å². The quantitative estimate of drug-likeness (QED) is 0.605. The first kappa shape index (κ1) is 21.8. The predicted molar refractivity (Wildman–Crippen MR) is 118 cm³/mol. The van der Waals surface area contributed by atoms with Crippen LogP contribution in [0.15, 0.2) is 41.7 Å². The Bertz CT molecular complexity index is 1180. The molecular weight excluding hydrogens is 408 g/mol. The molecule has 4 heterocycles. The van der Waals surface area contributed by atoms with Crippen molar-refractivity contribution in [2.75, 3.05) is 19.7 Å². The fourth-order valence-electron chi connectivity index (χ4n) is 3.94. The minimum atomic E-state index is -0.323. The van der Waals surface area contributed by atoms with E-state index in [1.165, 1.54) is 6.33 Å². The maximum absolute atomic E-state index is 12.9. The van der Waals surface area contributed by atoms with Gasteiger partial charge in [0.25, 0.3) is 0 Å². The smallest absolute Gasteiger partial charge is 0.347 e. The highest BCUT2D eigenvalue weighted by molar-refractivity contribution is 5.76. The molecule has 0 spiro atoms. The van der Waals surface area contributed by atoms with E-state index in [2.05, 4.69) is 19.9 Å². The fraction of sp³-hybridized carbons (Fsp3) is 0.391. The second-order valence-electron chi connectivity index (χ2n) is 7.97. The van der Waals surface area contributed by atoms with Crippen molar-refractivity contribution < 1.29 is 9.53 Å². The molecule has 1 atom stereocenters. The third-order valence-corrected chi connectivity index (χ3v) is 5.51. The zero-order valence-corrected chi connectivity index (χ0v) is 18.5. The largest absolute Gasteiger partial charge is 0.368 e. The predicted octanol–water partition coefficient (Wildman–Crippen LogP) is 2.01. The van der Waals surface area contributed by atoms with E-state index in [0.717, 1.165) is 28.2 Å². The highest BCUT2D eigenvalue weighted by Gasteiger charge is 2.27. The first-order chi connectivity index (χ1) is 15.4. The minimum absolute atomic E-state index is 0.0190. The van der Waals surface area contributed by atoms with Crippen LogP contribution in [0.3, 0.4) is 0 Å². The molecule has 0 aromatic carbocycles. The van der Waals surface area contributed by atoms with Crippen LogP contribution in [0.2, 0.25) is 0 Å². The third kappa shape index (κ3) is 4.88. The van der Waals surface area contributed by atoms with Gasteiger partial charge in [-0.05, 0) is 44.5 Å². The Morgan fingerprint density at radius 3 is 2.56 bits per heavy atom. The summed E-state index contributed by atoms with van der Waals surface area (Å²) in [5, 5.41) is 0. The van der Waals surface area contributed by atoms with E-state index in [0.29, 0.717) is 31.9 Å². The maximum atomic E-state index is 12.9. The highest BCUT2D eigenvalue weighted by atomic mass is 16.5. The molecule has 1 fully saturated rings. The van der Waals surface area contributed by atoms with Gasteiger partial charge < -0.3 is 9.64 Å². The lowest BCUT2D eigenvalue weighted by molar-refractivity contribution is -0.139. The number of aryl methyl sites for hydroxylation is 3. The summed E-state index contributed by atoms with van der Waals surface area (Å²) in [6.45, 7) is 7.23. The van der Waals surface area contributed by atoms with Gasteiger partial charge in [0, 0.05) is 54.5 Å². The number of morpholine rings is 1. The lowest BCUT2D eigenvalue weighted by Gasteiger charge is -2.33. The van der Waals surface area contributed by atoms with Gasteiger partial charge in [-0.3, -0.25) is 14.3 Å². The van der Waals surface area contributed by atoms with Crippen molar-refractivity contribution in [3.63, 3.8) is 0 Å². The molecule has 0 radical (unpaired) electrons. The average Bonchev–Trinajstić information content (AvgIpc) is 2.78. The molecule has 166 valence electrons. The van der Waals surface area contributed by atoms with E-state index < -0.39 is 0 Å². The molecule has 9 heteroatoms.